The molecule has 0 aliphatic carbocycles. The summed E-state index contributed by atoms with van der Waals surface area (Å²) in [5.74, 6) is -0.858. The number of ether oxygens (including phenoxy) is 1. The largest absolute Gasteiger partial charge is 0.480 e. The van der Waals surface area contributed by atoms with E-state index in [9.17, 15) is 4.79 Å². The molecule has 1 saturated heterocycles. The van der Waals surface area contributed by atoms with E-state index in [1.165, 1.54) is 0 Å². The summed E-state index contributed by atoms with van der Waals surface area (Å²) < 4.78 is 5.33. The van der Waals surface area contributed by atoms with E-state index in [0.29, 0.717) is 0 Å². The maximum Gasteiger partial charge on any atom is 0.323 e. The second-order valence-electron chi connectivity index (χ2n) is 3.29. The Bertz CT molecular complexity index is 179. The predicted octanol–water partition coefficient (Wildman–Crippen LogP) is 0.184. The molecule has 0 aromatic heterocycles. The number of hydrogen-bond acceptors (Lipinski definition) is 3. The molecule has 2 N–H and O–H groups in total. The first-order chi connectivity index (χ1) is 4.92. The van der Waals surface area contributed by atoms with Gasteiger partial charge in [-0.3, -0.25) is 10.1 Å². The highest BCUT2D eigenvalue weighted by Gasteiger charge is 2.40. The molecule has 0 aromatic carbocycles. The lowest BCUT2D eigenvalue weighted by Gasteiger charge is -2.16. The first-order valence-electron chi connectivity index (χ1n) is 3.61. The topological polar surface area (TPSA) is 58.6 Å². The third-order valence-corrected chi connectivity index (χ3v) is 1.72. The monoisotopic (exact) mass is 159 g/mol. The summed E-state index contributed by atoms with van der Waals surface area (Å²) in [5, 5.41) is 11.5. The van der Waals surface area contributed by atoms with Gasteiger partial charge in [-0.15, -0.1) is 0 Å². The van der Waals surface area contributed by atoms with Crippen molar-refractivity contribution in [3.05, 3.63) is 0 Å². The van der Waals surface area contributed by atoms with Crippen molar-refractivity contribution in [1.29, 1.82) is 0 Å². The number of carbonyl (C=O) groups is 1. The van der Waals surface area contributed by atoms with E-state index in [4.69, 9.17) is 9.84 Å². The van der Waals surface area contributed by atoms with Crippen LogP contribution in [0.1, 0.15) is 20.8 Å². The van der Waals surface area contributed by atoms with Gasteiger partial charge in [0.1, 0.15) is 11.8 Å². The average molecular weight is 159 g/mol. The minimum atomic E-state index is -0.858. The molecule has 0 spiro atoms. The van der Waals surface area contributed by atoms with Crippen molar-refractivity contribution in [2.45, 2.75) is 38.6 Å². The van der Waals surface area contributed by atoms with Crippen molar-refractivity contribution >= 4 is 5.97 Å². The standard InChI is InChI=1S/C7H13NO3/c1-4-5(6(9)10)8-7(2,3)11-4/h4-5,8H,1-3H3,(H,9,10). The van der Waals surface area contributed by atoms with E-state index in [2.05, 4.69) is 5.32 Å². The molecule has 2 atom stereocenters. The van der Waals surface area contributed by atoms with Crippen molar-refractivity contribution in [3.8, 4) is 0 Å². The highest BCUT2D eigenvalue weighted by atomic mass is 16.5. The van der Waals surface area contributed by atoms with Gasteiger partial charge in [0.25, 0.3) is 0 Å². The van der Waals surface area contributed by atoms with Crippen LogP contribution in [0.2, 0.25) is 0 Å². The molecule has 11 heavy (non-hydrogen) atoms. The van der Waals surface area contributed by atoms with E-state index in [-0.39, 0.29) is 6.10 Å². The Balaban J connectivity index is 2.66. The van der Waals surface area contributed by atoms with Gasteiger partial charge in [0.2, 0.25) is 0 Å². The smallest absolute Gasteiger partial charge is 0.323 e. The maximum atomic E-state index is 10.6. The average Bonchev–Trinajstić information content (AvgIpc) is 2.05. The third-order valence-electron chi connectivity index (χ3n) is 1.72. The molecule has 1 heterocycles. The van der Waals surface area contributed by atoms with Gasteiger partial charge < -0.3 is 9.84 Å². The van der Waals surface area contributed by atoms with Gasteiger partial charge in [-0.1, -0.05) is 0 Å². The number of rotatable bonds is 1. The van der Waals surface area contributed by atoms with Gasteiger partial charge in [0, 0.05) is 0 Å². The first kappa shape index (κ1) is 8.49. The molecule has 2 unspecified atom stereocenters. The van der Waals surface area contributed by atoms with Crippen molar-refractivity contribution in [3.63, 3.8) is 0 Å². The SMILES string of the molecule is CC1OC(C)(C)NC1C(=O)O. The second kappa shape index (κ2) is 2.46. The quantitative estimate of drug-likeness (QED) is 0.573. The summed E-state index contributed by atoms with van der Waals surface area (Å²) in [6, 6.07) is -0.579. The van der Waals surface area contributed by atoms with Crippen LogP contribution in [0.25, 0.3) is 0 Å². The van der Waals surface area contributed by atoms with Crippen LogP contribution in [0.3, 0.4) is 0 Å². The van der Waals surface area contributed by atoms with Crippen LogP contribution in [0.15, 0.2) is 0 Å². The molecule has 0 radical (unpaired) electrons. The normalized spacial score (nSPS) is 35.5. The van der Waals surface area contributed by atoms with Gasteiger partial charge in [-0.05, 0) is 20.8 Å². The van der Waals surface area contributed by atoms with E-state index in [0.717, 1.165) is 0 Å². The fraction of sp³-hybridized carbons (Fsp3) is 0.857. The number of hydrogen-bond donors (Lipinski definition) is 2. The van der Waals surface area contributed by atoms with Crippen LogP contribution in [-0.2, 0) is 9.53 Å². The second-order valence-corrected chi connectivity index (χ2v) is 3.29. The molecule has 64 valence electrons. The predicted molar refractivity (Wildman–Crippen MR) is 39.2 cm³/mol. The van der Waals surface area contributed by atoms with Crippen molar-refractivity contribution < 1.29 is 14.6 Å². The molecule has 1 fully saturated rings. The highest BCUT2D eigenvalue weighted by molar-refractivity contribution is 5.74. The summed E-state index contributed by atoms with van der Waals surface area (Å²) in [4.78, 5) is 10.6. The molecule has 4 heteroatoms. The van der Waals surface area contributed by atoms with Crippen LogP contribution in [0.4, 0.5) is 0 Å². The zero-order valence-electron chi connectivity index (χ0n) is 6.92. The summed E-state index contributed by atoms with van der Waals surface area (Å²) >= 11 is 0. The molecule has 4 nitrogen and oxygen atoms in total. The Morgan fingerprint density at radius 3 is 2.36 bits per heavy atom. The van der Waals surface area contributed by atoms with Crippen molar-refractivity contribution in [2.75, 3.05) is 0 Å². The zero-order chi connectivity index (χ0) is 8.65. The number of nitrogens with one attached hydrogen (secondary N) is 1. The summed E-state index contributed by atoms with van der Waals surface area (Å²) in [5.41, 5.74) is -0.511. The van der Waals surface area contributed by atoms with Crippen LogP contribution in [0.5, 0.6) is 0 Å². The third kappa shape index (κ3) is 1.70. The first-order valence-corrected chi connectivity index (χ1v) is 3.61. The Morgan fingerprint density at radius 1 is 1.64 bits per heavy atom. The lowest BCUT2D eigenvalue weighted by Crippen LogP contribution is -2.43. The van der Waals surface area contributed by atoms with Gasteiger partial charge in [-0.2, -0.15) is 0 Å². The molecule has 0 saturated carbocycles. The molecule has 1 aliphatic rings. The molecule has 0 bridgehead atoms. The van der Waals surface area contributed by atoms with Crippen LogP contribution >= 0.6 is 0 Å². The number of aliphatic carboxylic acids is 1. The Morgan fingerprint density at radius 2 is 2.18 bits per heavy atom. The summed E-state index contributed by atoms with van der Waals surface area (Å²) in [6.45, 7) is 5.37. The van der Waals surface area contributed by atoms with E-state index >= 15 is 0 Å². The molecule has 1 rings (SSSR count). The Hall–Kier alpha value is -0.610. The fourth-order valence-corrected chi connectivity index (χ4v) is 1.32. The van der Waals surface area contributed by atoms with Gasteiger partial charge in [0.05, 0.1) is 6.10 Å². The van der Waals surface area contributed by atoms with E-state index in [1.807, 2.05) is 13.8 Å². The van der Waals surface area contributed by atoms with Crippen LogP contribution in [-0.4, -0.2) is 28.9 Å². The molecule has 1 aliphatic heterocycles. The Kier molecular flexibility index (Phi) is 1.90. The minimum Gasteiger partial charge on any atom is -0.480 e. The fourth-order valence-electron chi connectivity index (χ4n) is 1.32. The minimum absolute atomic E-state index is 0.262. The summed E-state index contributed by atoms with van der Waals surface area (Å²) in [6.07, 6.45) is -0.262. The molecular formula is C7H13NO3. The lowest BCUT2D eigenvalue weighted by atomic mass is 10.2. The number of carboxylic acids is 1. The molecular weight excluding hydrogens is 146 g/mol. The maximum absolute atomic E-state index is 10.6. The lowest BCUT2D eigenvalue weighted by molar-refractivity contribution is -0.140. The van der Waals surface area contributed by atoms with E-state index < -0.39 is 17.7 Å². The van der Waals surface area contributed by atoms with Crippen molar-refractivity contribution in [2.24, 2.45) is 0 Å². The van der Waals surface area contributed by atoms with Gasteiger partial charge >= 0.3 is 5.97 Å². The molecule has 0 amide bonds. The summed E-state index contributed by atoms with van der Waals surface area (Å²) in [7, 11) is 0. The Labute approximate surface area is 65.5 Å². The van der Waals surface area contributed by atoms with Crippen LogP contribution < -0.4 is 5.32 Å². The zero-order valence-corrected chi connectivity index (χ0v) is 6.92. The molecule has 0 aromatic rings. The van der Waals surface area contributed by atoms with Crippen LogP contribution in [0, 0.1) is 0 Å². The van der Waals surface area contributed by atoms with E-state index in [1.54, 1.807) is 6.92 Å². The van der Waals surface area contributed by atoms with Gasteiger partial charge in [-0.25, -0.2) is 0 Å². The van der Waals surface area contributed by atoms with Gasteiger partial charge in [0.15, 0.2) is 0 Å². The van der Waals surface area contributed by atoms with Crippen molar-refractivity contribution in [1.82, 2.24) is 5.32 Å². The highest BCUT2D eigenvalue weighted by Crippen LogP contribution is 2.20. The number of carboxylic acid groups (broad SMARTS) is 1.